The first kappa shape index (κ1) is 9.05. The first-order valence-corrected chi connectivity index (χ1v) is 4.59. The van der Waals surface area contributed by atoms with Gasteiger partial charge in [0.05, 0.1) is 25.1 Å². The molecule has 1 aromatic rings. The van der Waals surface area contributed by atoms with E-state index in [4.69, 9.17) is 4.74 Å². The molecule has 1 N–H and O–H groups in total. The minimum Gasteiger partial charge on any atom is -0.442 e. The van der Waals surface area contributed by atoms with Crippen molar-refractivity contribution in [2.45, 2.75) is 26.5 Å². The molecule has 1 aliphatic heterocycles. The molecule has 76 valence electrons. The van der Waals surface area contributed by atoms with Crippen LogP contribution < -0.4 is 5.32 Å². The molecular weight excluding hydrogens is 182 g/mol. The second kappa shape index (κ2) is 3.32. The van der Waals surface area contributed by atoms with Crippen molar-refractivity contribution < 1.29 is 9.53 Å². The van der Waals surface area contributed by atoms with Crippen molar-refractivity contribution in [2.24, 2.45) is 0 Å². The number of nitrogens with zero attached hydrogens (tertiary/aromatic N) is 2. The van der Waals surface area contributed by atoms with E-state index in [1.807, 2.05) is 18.4 Å². The van der Waals surface area contributed by atoms with Gasteiger partial charge in [0, 0.05) is 5.69 Å². The monoisotopic (exact) mass is 195 g/mol. The number of ether oxygens (including phenoxy) is 1. The first-order chi connectivity index (χ1) is 6.66. The highest BCUT2D eigenvalue weighted by Crippen LogP contribution is 2.08. The fraction of sp³-hybridized carbons (Fsp3) is 0.556. The summed E-state index contributed by atoms with van der Waals surface area (Å²) in [6, 6.07) is 0. The standard InChI is InChI=1S/C9H13N3O2/c1-6-7(2)12(5-11-6)4-8-3-10-9(13)14-8/h5,8H,3-4H2,1-2H3,(H,10,13). The first-order valence-electron chi connectivity index (χ1n) is 4.59. The predicted octanol–water partition coefficient (Wildman–Crippen LogP) is 0.608. The summed E-state index contributed by atoms with van der Waals surface area (Å²) in [5.74, 6) is 0. The van der Waals surface area contributed by atoms with Gasteiger partial charge in [0.2, 0.25) is 0 Å². The van der Waals surface area contributed by atoms with Crippen molar-refractivity contribution in [3.05, 3.63) is 17.7 Å². The van der Waals surface area contributed by atoms with Crippen LogP contribution in [0.2, 0.25) is 0 Å². The van der Waals surface area contributed by atoms with Crippen LogP contribution >= 0.6 is 0 Å². The molecule has 1 fully saturated rings. The van der Waals surface area contributed by atoms with Crippen molar-refractivity contribution in [3.63, 3.8) is 0 Å². The van der Waals surface area contributed by atoms with Crippen molar-refractivity contribution in [1.29, 1.82) is 0 Å². The number of aromatic nitrogens is 2. The predicted molar refractivity (Wildman–Crippen MR) is 50.0 cm³/mol. The van der Waals surface area contributed by atoms with Crippen LogP contribution in [0.3, 0.4) is 0 Å². The number of hydrogen-bond donors (Lipinski definition) is 1. The number of amides is 1. The van der Waals surface area contributed by atoms with E-state index in [0.717, 1.165) is 11.4 Å². The fourth-order valence-electron chi connectivity index (χ4n) is 1.48. The maximum atomic E-state index is 10.8. The van der Waals surface area contributed by atoms with Gasteiger partial charge in [-0.15, -0.1) is 0 Å². The Morgan fingerprint density at radius 1 is 1.71 bits per heavy atom. The van der Waals surface area contributed by atoms with Crippen LogP contribution in [0, 0.1) is 13.8 Å². The summed E-state index contributed by atoms with van der Waals surface area (Å²) in [5.41, 5.74) is 2.13. The van der Waals surface area contributed by atoms with Crippen LogP contribution in [0.25, 0.3) is 0 Å². The zero-order valence-corrected chi connectivity index (χ0v) is 8.28. The molecule has 1 amide bonds. The topological polar surface area (TPSA) is 56.2 Å². The quantitative estimate of drug-likeness (QED) is 0.752. The molecule has 1 atom stereocenters. The lowest BCUT2D eigenvalue weighted by molar-refractivity contribution is 0.130. The maximum Gasteiger partial charge on any atom is 0.407 e. The van der Waals surface area contributed by atoms with Gasteiger partial charge in [-0.2, -0.15) is 0 Å². The zero-order valence-electron chi connectivity index (χ0n) is 8.28. The van der Waals surface area contributed by atoms with Gasteiger partial charge in [-0.25, -0.2) is 9.78 Å². The Morgan fingerprint density at radius 2 is 2.50 bits per heavy atom. The average Bonchev–Trinajstić information content (AvgIpc) is 2.67. The molecule has 5 heteroatoms. The van der Waals surface area contributed by atoms with Gasteiger partial charge >= 0.3 is 6.09 Å². The normalized spacial score (nSPS) is 20.7. The van der Waals surface area contributed by atoms with Crippen molar-refractivity contribution in [2.75, 3.05) is 6.54 Å². The average molecular weight is 195 g/mol. The number of cyclic esters (lactones) is 1. The molecule has 0 aliphatic carbocycles. The SMILES string of the molecule is Cc1ncn(CC2CNC(=O)O2)c1C. The van der Waals surface area contributed by atoms with E-state index in [0.29, 0.717) is 13.1 Å². The van der Waals surface area contributed by atoms with E-state index in [1.165, 1.54) is 0 Å². The fourth-order valence-corrected chi connectivity index (χ4v) is 1.48. The Morgan fingerprint density at radius 3 is 3.00 bits per heavy atom. The van der Waals surface area contributed by atoms with E-state index in [2.05, 4.69) is 10.3 Å². The third kappa shape index (κ3) is 1.57. The summed E-state index contributed by atoms with van der Waals surface area (Å²) in [6.07, 6.45) is 1.37. The van der Waals surface area contributed by atoms with Crippen LogP contribution in [0.1, 0.15) is 11.4 Å². The number of imidazole rings is 1. The van der Waals surface area contributed by atoms with Gasteiger partial charge in [-0.3, -0.25) is 0 Å². The molecule has 1 aromatic heterocycles. The molecule has 1 unspecified atom stereocenters. The minimum absolute atomic E-state index is 0.0743. The van der Waals surface area contributed by atoms with Crippen molar-refractivity contribution in [3.8, 4) is 0 Å². The number of alkyl carbamates (subject to hydrolysis) is 1. The van der Waals surface area contributed by atoms with Gasteiger partial charge in [0.25, 0.3) is 0 Å². The number of rotatable bonds is 2. The number of nitrogens with one attached hydrogen (secondary N) is 1. The molecule has 0 aromatic carbocycles. The zero-order chi connectivity index (χ0) is 10.1. The Labute approximate surface area is 82.1 Å². The molecule has 0 bridgehead atoms. The molecule has 0 saturated carbocycles. The summed E-state index contributed by atoms with van der Waals surface area (Å²) in [5, 5.41) is 2.62. The molecule has 2 heterocycles. The molecule has 14 heavy (non-hydrogen) atoms. The van der Waals surface area contributed by atoms with Crippen LogP contribution in [0.15, 0.2) is 6.33 Å². The number of carbonyl (C=O) groups is 1. The molecular formula is C9H13N3O2. The Balaban J connectivity index is 2.04. The summed E-state index contributed by atoms with van der Waals surface area (Å²) in [4.78, 5) is 15.0. The van der Waals surface area contributed by atoms with E-state index in [-0.39, 0.29) is 12.2 Å². The highest BCUT2D eigenvalue weighted by atomic mass is 16.6. The molecule has 5 nitrogen and oxygen atoms in total. The van der Waals surface area contributed by atoms with Gasteiger partial charge in [-0.1, -0.05) is 0 Å². The summed E-state index contributed by atoms with van der Waals surface area (Å²) >= 11 is 0. The van der Waals surface area contributed by atoms with Crippen LogP contribution in [0.5, 0.6) is 0 Å². The van der Waals surface area contributed by atoms with E-state index < -0.39 is 0 Å². The highest BCUT2D eigenvalue weighted by Gasteiger charge is 2.23. The highest BCUT2D eigenvalue weighted by molar-refractivity contribution is 5.69. The lowest BCUT2D eigenvalue weighted by atomic mass is 10.3. The molecule has 0 spiro atoms. The number of carbonyl (C=O) groups excluding carboxylic acids is 1. The molecule has 1 saturated heterocycles. The number of aryl methyl sites for hydroxylation is 1. The van der Waals surface area contributed by atoms with E-state index in [9.17, 15) is 4.79 Å². The molecule has 2 rings (SSSR count). The molecule has 0 radical (unpaired) electrons. The van der Waals surface area contributed by atoms with Crippen molar-refractivity contribution >= 4 is 6.09 Å². The van der Waals surface area contributed by atoms with Crippen LogP contribution in [-0.4, -0.2) is 28.3 Å². The third-order valence-corrected chi connectivity index (χ3v) is 2.49. The Hall–Kier alpha value is -1.52. The lowest BCUT2D eigenvalue weighted by Crippen LogP contribution is -2.20. The Kier molecular flexibility index (Phi) is 2.15. The van der Waals surface area contributed by atoms with Gasteiger partial charge in [-0.05, 0) is 13.8 Å². The van der Waals surface area contributed by atoms with Crippen LogP contribution in [-0.2, 0) is 11.3 Å². The lowest BCUT2D eigenvalue weighted by Gasteiger charge is -2.09. The second-order valence-electron chi connectivity index (χ2n) is 3.48. The van der Waals surface area contributed by atoms with Gasteiger partial charge in [0.15, 0.2) is 0 Å². The second-order valence-corrected chi connectivity index (χ2v) is 3.48. The van der Waals surface area contributed by atoms with Gasteiger partial charge < -0.3 is 14.6 Å². The van der Waals surface area contributed by atoms with E-state index >= 15 is 0 Å². The smallest absolute Gasteiger partial charge is 0.407 e. The largest absolute Gasteiger partial charge is 0.442 e. The van der Waals surface area contributed by atoms with E-state index in [1.54, 1.807) is 6.33 Å². The minimum atomic E-state index is -0.329. The van der Waals surface area contributed by atoms with Crippen molar-refractivity contribution in [1.82, 2.24) is 14.9 Å². The maximum absolute atomic E-state index is 10.8. The van der Waals surface area contributed by atoms with Gasteiger partial charge in [0.1, 0.15) is 6.10 Å². The van der Waals surface area contributed by atoms with Crippen LogP contribution in [0.4, 0.5) is 4.79 Å². The summed E-state index contributed by atoms with van der Waals surface area (Å²) in [7, 11) is 0. The summed E-state index contributed by atoms with van der Waals surface area (Å²) < 4.78 is 7.03. The molecule has 1 aliphatic rings. The summed E-state index contributed by atoms with van der Waals surface area (Å²) in [6.45, 7) is 5.22. The number of hydrogen-bond acceptors (Lipinski definition) is 3. The third-order valence-electron chi connectivity index (χ3n) is 2.49. The Bertz CT molecular complexity index is 359.